The molecule has 2 aromatic heterocycles. The van der Waals surface area contributed by atoms with Crippen molar-refractivity contribution in [1.29, 1.82) is 0 Å². The van der Waals surface area contributed by atoms with Crippen molar-refractivity contribution in [3.8, 4) is 16.9 Å². The van der Waals surface area contributed by atoms with Crippen LogP contribution in [0.25, 0.3) is 11.1 Å². The monoisotopic (exact) mass is 496 g/mol. The lowest BCUT2D eigenvalue weighted by atomic mass is 10.1. The van der Waals surface area contributed by atoms with E-state index >= 15 is 0 Å². The Bertz CT molecular complexity index is 1120. The van der Waals surface area contributed by atoms with Crippen LogP contribution in [0.3, 0.4) is 0 Å². The number of aromatic nitrogens is 3. The van der Waals surface area contributed by atoms with Crippen LogP contribution in [-0.2, 0) is 10.3 Å². The maximum absolute atomic E-state index is 11.5. The molecule has 0 fully saturated rings. The maximum atomic E-state index is 11.5. The number of carboxylic acid groups (broad SMARTS) is 1. The summed E-state index contributed by atoms with van der Waals surface area (Å²) in [6.07, 6.45) is 4.29. The largest absolute Gasteiger partial charge is 0.482 e. The normalized spacial score (nSPS) is 12.0. The zero-order valence-electron chi connectivity index (χ0n) is 18.6. The van der Waals surface area contributed by atoms with Gasteiger partial charge in [-0.25, -0.2) is 9.78 Å². The van der Waals surface area contributed by atoms with E-state index < -0.39 is 17.6 Å². The second-order valence-electron chi connectivity index (χ2n) is 7.27. The Kier molecular flexibility index (Phi) is 8.52. The fourth-order valence-electron chi connectivity index (χ4n) is 2.79. The van der Waals surface area contributed by atoms with Crippen LogP contribution in [0.4, 0.5) is 5.82 Å². The minimum absolute atomic E-state index is 0.207. The predicted molar refractivity (Wildman–Crippen MR) is 133 cm³/mol. The zero-order chi connectivity index (χ0) is 24.2. The number of hydrogen-bond acceptors (Lipinski definition) is 5. The van der Waals surface area contributed by atoms with Crippen LogP contribution >= 0.6 is 32.4 Å². The van der Waals surface area contributed by atoms with Gasteiger partial charge in [-0.15, -0.1) is 9.24 Å². The molecular weight excluding hydrogens is 470 g/mol. The lowest BCUT2D eigenvalue weighted by Crippen LogP contribution is -2.35. The van der Waals surface area contributed by atoms with Crippen LogP contribution in [0.1, 0.15) is 46.3 Å². The van der Waals surface area contributed by atoms with Gasteiger partial charge in [-0.2, -0.15) is 5.10 Å². The molecule has 7 nitrogen and oxygen atoms in total. The molecule has 0 radical (unpaired) electrons. The van der Waals surface area contributed by atoms with Gasteiger partial charge < -0.3 is 15.6 Å². The number of halogens is 2. The zero-order valence-corrected chi connectivity index (χ0v) is 21.2. The topological polar surface area (TPSA) is 103 Å². The summed E-state index contributed by atoms with van der Waals surface area (Å²) >= 11 is 12.7. The molecule has 32 heavy (non-hydrogen) atoms. The first kappa shape index (κ1) is 25.9. The standard InChI is InChI=1S/C20H21Cl2N4O3P.C2H6/c1-10(16-13(21)4-5-15(30)17(16)22)29-14-6-11(7-24-18(14)23)12-8-25-26(9-12)20(2,3)19(27)28;1-2/h4-10H,30H2,1-3H3,(H2,23,24)(H,27,28);1-2H3. The van der Waals surface area contributed by atoms with Crippen LogP contribution < -0.4 is 15.8 Å². The summed E-state index contributed by atoms with van der Waals surface area (Å²) in [4.78, 5) is 15.7. The summed E-state index contributed by atoms with van der Waals surface area (Å²) in [5, 5.41) is 15.4. The van der Waals surface area contributed by atoms with Crippen molar-refractivity contribution in [2.75, 3.05) is 5.73 Å². The number of aliphatic carboxylic acids is 1. The first-order valence-corrected chi connectivity index (χ1v) is 11.3. The Balaban J connectivity index is 0.00000176. The van der Waals surface area contributed by atoms with Gasteiger partial charge in [0.05, 0.1) is 11.2 Å². The molecule has 0 aliphatic carbocycles. The number of carbonyl (C=O) groups is 1. The van der Waals surface area contributed by atoms with Gasteiger partial charge in [0.25, 0.3) is 0 Å². The Labute approximate surface area is 200 Å². The van der Waals surface area contributed by atoms with Crippen LogP contribution in [0.5, 0.6) is 5.75 Å². The molecule has 0 aliphatic rings. The lowest BCUT2D eigenvalue weighted by Gasteiger charge is -2.20. The number of nitrogens with zero attached hydrogens (tertiary/aromatic N) is 3. The number of ether oxygens (including phenoxy) is 1. The average molecular weight is 497 g/mol. The van der Waals surface area contributed by atoms with Crippen LogP contribution in [-0.4, -0.2) is 25.8 Å². The summed E-state index contributed by atoms with van der Waals surface area (Å²) in [6.45, 7) is 8.95. The molecule has 0 saturated heterocycles. The van der Waals surface area contributed by atoms with Crippen molar-refractivity contribution in [2.24, 2.45) is 0 Å². The number of carboxylic acids is 1. The fraction of sp³-hybridized carbons (Fsp3) is 0.318. The van der Waals surface area contributed by atoms with E-state index in [0.29, 0.717) is 32.5 Å². The van der Waals surface area contributed by atoms with Gasteiger partial charge in [-0.3, -0.25) is 4.68 Å². The van der Waals surface area contributed by atoms with Crippen molar-refractivity contribution in [2.45, 2.75) is 46.3 Å². The highest BCUT2D eigenvalue weighted by atomic mass is 35.5. The third-order valence-corrected chi connectivity index (χ3v) is 6.18. The maximum Gasteiger partial charge on any atom is 0.331 e. The first-order chi connectivity index (χ1) is 15.0. The molecule has 0 spiro atoms. The molecule has 3 N–H and O–H groups in total. The number of nitrogens with two attached hydrogens (primary N) is 1. The minimum atomic E-state index is -1.19. The number of anilines is 1. The van der Waals surface area contributed by atoms with E-state index in [2.05, 4.69) is 19.3 Å². The van der Waals surface area contributed by atoms with Crippen LogP contribution in [0.2, 0.25) is 10.0 Å². The van der Waals surface area contributed by atoms with E-state index in [1.165, 1.54) is 4.68 Å². The molecule has 172 valence electrons. The number of benzene rings is 1. The highest BCUT2D eigenvalue weighted by Crippen LogP contribution is 2.35. The second kappa shape index (κ2) is 10.5. The average Bonchev–Trinajstić information content (AvgIpc) is 3.25. The van der Waals surface area contributed by atoms with Crippen molar-refractivity contribution >= 4 is 49.5 Å². The SMILES string of the molecule is CC.CC(Oc1cc(-c2cnn(C(C)(C)C(=O)O)c2)cnc1N)c1c(Cl)ccc(P)c1Cl. The Hall–Kier alpha value is -2.34. The Morgan fingerprint density at radius 1 is 1.25 bits per heavy atom. The Morgan fingerprint density at radius 3 is 2.53 bits per heavy atom. The smallest absolute Gasteiger partial charge is 0.331 e. The van der Waals surface area contributed by atoms with Gasteiger partial charge in [0.1, 0.15) is 6.10 Å². The third kappa shape index (κ3) is 5.34. The molecule has 2 unspecified atom stereocenters. The highest BCUT2D eigenvalue weighted by molar-refractivity contribution is 7.28. The second-order valence-corrected chi connectivity index (χ2v) is 8.68. The quantitative estimate of drug-likeness (QED) is 0.447. The van der Waals surface area contributed by atoms with Gasteiger partial charge >= 0.3 is 5.97 Å². The lowest BCUT2D eigenvalue weighted by molar-refractivity contribution is -0.146. The Morgan fingerprint density at radius 2 is 1.91 bits per heavy atom. The number of rotatable bonds is 6. The van der Waals surface area contributed by atoms with Gasteiger partial charge in [0.15, 0.2) is 17.1 Å². The molecule has 10 heteroatoms. The highest BCUT2D eigenvalue weighted by Gasteiger charge is 2.30. The molecule has 3 aromatic rings. The number of pyridine rings is 1. The molecule has 0 amide bonds. The molecule has 0 aliphatic heterocycles. The van der Waals surface area contributed by atoms with Crippen molar-refractivity contribution in [3.63, 3.8) is 0 Å². The summed E-state index contributed by atoms with van der Waals surface area (Å²) in [7, 11) is 2.55. The first-order valence-electron chi connectivity index (χ1n) is 9.96. The molecule has 0 saturated carbocycles. The van der Waals surface area contributed by atoms with Crippen molar-refractivity contribution in [1.82, 2.24) is 14.8 Å². The van der Waals surface area contributed by atoms with Gasteiger partial charge in [-0.1, -0.05) is 43.1 Å². The van der Waals surface area contributed by atoms with E-state index in [1.807, 2.05) is 20.8 Å². The summed E-state index contributed by atoms with van der Waals surface area (Å²) in [5.41, 5.74) is 6.82. The molecule has 1 aromatic carbocycles. The number of nitrogen functional groups attached to an aromatic ring is 1. The minimum Gasteiger partial charge on any atom is -0.482 e. The summed E-state index contributed by atoms with van der Waals surface area (Å²) in [6, 6.07) is 5.28. The summed E-state index contributed by atoms with van der Waals surface area (Å²) < 4.78 is 7.42. The molecule has 2 heterocycles. The van der Waals surface area contributed by atoms with E-state index in [-0.39, 0.29) is 5.82 Å². The van der Waals surface area contributed by atoms with E-state index in [1.54, 1.807) is 50.6 Å². The molecule has 2 atom stereocenters. The third-order valence-electron chi connectivity index (χ3n) is 4.76. The van der Waals surface area contributed by atoms with Gasteiger partial charge in [-0.05, 0) is 38.2 Å². The molecular formula is C22H27Cl2N4O3P. The number of hydrogen-bond donors (Lipinski definition) is 2. The van der Waals surface area contributed by atoms with E-state index in [0.717, 1.165) is 5.30 Å². The predicted octanol–water partition coefficient (Wildman–Crippen LogP) is 5.32. The van der Waals surface area contributed by atoms with E-state index in [9.17, 15) is 9.90 Å². The summed E-state index contributed by atoms with van der Waals surface area (Å²) in [5.74, 6) is -0.430. The molecule has 3 rings (SSSR count). The van der Waals surface area contributed by atoms with Gasteiger partial charge in [0, 0.05) is 34.1 Å². The fourth-order valence-corrected chi connectivity index (χ4v) is 3.72. The van der Waals surface area contributed by atoms with Gasteiger partial charge in [0.2, 0.25) is 0 Å². The van der Waals surface area contributed by atoms with Crippen molar-refractivity contribution in [3.05, 3.63) is 52.4 Å². The van der Waals surface area contributed by atoms with Crippen LogP contribution in [0, 0.1) is 0 Å². The molecule has 0 bridgehead atoms. The van der Waals surface area contributed by atoms with E-state index in [4.69, 9.17) is 33.7 Å². The van der Waals surface area contributed by atoms with Crippen LogP contribution in [0.15, 0.2) is 36.8 Å². The van der Waals surface area contributed by atoms with Crippen molar-refractivity contribution < 1.29 is 14.6 Å².